The second-order valence-electron chi connectivity index (χ2n) is 2.90. The van der Waals surface area contributed by atoms with Gasteiger partial charge in [0.25, 0.3) is 11.8 Å². The zero-order valence-electron chi connectivity index (χ0n) is 7.35. The summed E-state index contributed by atoms with van der Waals surface area (Å²) in [5.74, 6) is -2.27. The van der Waals surface area contributed by atoms with Gasteiger partial charge in [0.05, 0.1) is 5.56 Å². The van der Waals surface area contributed by atoms with Crippen molar-refractivity contribution in [3.8, 4) is 0 Å². The number of hydrogen-bond donors (Lipinski definition) is 2. The smallest absolute Gasteiger partial charge is 0.311 e. The highest BCUT2D eigenvalue weighted by molar-refractivity contribution is 6.20. The molecule has 0 spiro atoms. The number of amides is 2. The van der Waals surface area contributed by atoms with E-state index in [0.29, 0.717) is 0 Å². The van der Waals surface area contributed by atoms with E-state index in [9.17, 15) is 14.4 Å². The molecule has 1 aliphatic rings. The molecule has 2 amide bonds. The zero-order valence-corrected chi connectivity index (χ0v) is 7.35. The molecule has 1 aliphatic heterocycles. The van der Waals surface area contributed by atoms with Crippen LogP contribution in [0.2, 0.25) is 0 Å². The predicted molar refractivity (Wildman–Crippen MR) is 45.2 cm³/mol. The Kier molecular flexibility index (Phi) is 1.93. The fourth-order valence-electron chi connectivity index (χ4n) is 1.21. The highest BCUT2D eigenvalue weighted by atomic mass is 16.4. The third-order valence-corrected chi connectivity index (χ3v) is 1.83. The molecule has 0 saturated heterocycles. The van der Waals surface area contributed by atoms with E-state index in [-0.39, 0.29) is 23.5 Å². The molecule has 1 aromatic rings. The van der Waals surface area contributed by atoms with Crippen molar-refractivity contribution in [2.45, 2.75) is 6.42 Å². The summed E-state index contributed by atoms with van der Waals surface area (Å²) in [7, 11) is 0. The number of carbonyl (C=O) groups excluding carboxylic acids is 2. The summed E-state index contributed by atoms with van der Waals surface area (Å²) < 4.78 is 0. The maximum atomic E-state index is 11.1. The first-order valence-electron chi connectivity index (χ1n) is 4.01. The molecule has 0 unspecified atom stereocenters. The first-order chi connectivity index (χ1) is 7.08. The first-order valence-corrected chi connectivity index (χ1v) is 4.01. The maximum Gasteiger partial charge on any atom is 0.311 e. The molecule has 0 atom stereocenters. The molecule has 2 heterocycles. The van der Waals surface area contributed by atoms with Crippen LogP contribution in [0.1, 0.15) is 26.7 Å². The van der Waals surface area contributed by atoms with Crippen molar-refractivity contribution < 1.29 is 19.5 Å². The second-order valence-corrected chi connectivity index (χ2v) is 2.90. The van der Waals surface area contributed by atoms with Gasteiger partial charge in [0.2, 0.25) is 0 Å². The lowest BCUT2D eigenvalue weighted by Crippen LogP contribution is -2.20. The Hall–Kier alpha value is -2.31. The third-order valence-electron chi connectivity index (χ3n) is 1.83. The van der Waals surface area contributed by atoms with Crippen molar-refractivity contribution in [1.29, 1.82) is 0 Å². The van der Waals surface area contributed by atoms with Crippen LogP contribution in [-0.4, -0.2) is 32.9 Å². The highest BCUT2D eigenvalue weighted by Crippen LogP contribution is 2.11. The molecule has 0 radical (unpaired) electrons. The van der Waals surface area contributed by atoms with Crippen LogP contribution in [0, 0.1) is 0 Å². The molecule has 7 nitrogen and oxygen atoms in total. The van der Waals surface area contributed by atoms with Crippen LogP contribution >= 0.6 is 0 Å². The van der Waals surface area contributed by atoms with Crippen LogP contribution in [0.4, 0.5) is 0 Å². The maximum absolute atomic E-state index is 11.1. The van der Waals surface area contributed by atoms with Gasteiger partial charge < -0.3 is 5.11 Å². The predicted octanol–water partition coefficient (Wildman–Crippen LogP) is -1.01. The number of aromatic nitrogens is 2. The summed E-state index contributed by atoms with van der Waals surface area (Å²) in [6.45, 7) is 0. The van der Waals surface area contributed by atoms with Crippen molar-refractivity contribution in [3.63, 3.8) is 0 Å². The van der Waals surface area contributed by atoms with Crippen LogP contribution in [0.5, 0.6) is 0 Å². The molecule has 0 aromatic carbocycles. The topological polar surface area (TPSA) is 109 Å². The Morgan fingerprint density at radius 1 is 1.40 bits per heavy atom. The second kappa shape index (κ2) is 3.12. The highest BCUT2D eigenvalue weighted by Gasteiger charge is 2.29. The minimum atomic E-state index is -1.10. The fourth-order valence-corrected chi connectivity index (χ4v) is 1.21. The van der Waals surface area contributed by atoms with Crippen molar-refractivity contribution in [1.82, 2.24) is 15.3 Å². The van der Waals surface area contributed by atoms with Crippen LogP contribution < -0.4 is 5.32 Å². The number of nitrogens with zero attached hydrogens (tertiary/aromatic N) is 2. The Bertz CT molecular complexity index is 483. The van der Waals surface area contributed by atoms with Gasteiger partial charge in [-0.1, -0.05) is 0 Å². The normalized spacial score (nSPS) is 13.6. The number of carbonyl (C=O) groups is 3. The molecule has 0 bridgehead atoms. The van der Waals surface area contributed by atoms with Crippen molar-refractivity contribution in [2.75, 3.05) is 0 Å². The molecule has 2 N–H and O–H groups in total. The molecular formula is C8H5N3O4. The molecule has 0 fully saturated rings. The Morgan fingerprint density at radius 3 is 2.80 bits per heavy atom. The van der Waals surface area contributed by atoms with Crippen molar-refractivity contribution in [2.24, 2.45) is 0 Å². The van der Waals surface area contributed by atoms with Gasteiger partial charge >= 0.3 is 5.97 Å². The Balaban J connectivity index is 2.42. The van der Waals surface area contributed by atoms with Gasteiger partial charge in [0.1, 0.15) is 17.9 Å². The molecule has 7 heteroatoms. The van der Waals surface area contributed by atoms with Gasteiger partial charge in [-0.05, 0) is 0 Å². The summed E-state index contributed by atoms with van der Waals surface area (Å²) >= 11 is 0. The molecule has 1 aromatic heterocycles. The van der Waals surface area contributed by atoms with Gasteiger partial charge in [-0.3, -0.25) is 19.7 Å². The Labute approximate surface area is 83.2 Å². The molecule has 0 aliphatic carbocycles. The summed E-state index contributed by atoms with van der Waals surface area (Å²) in [4.78, 5) is 40.0. The largest absolute Gasteiger partial charge is 0.481 e. The standard InChI is InChI=1S/C8H5N3O4/c12-5(13)1-4-9-2-3-6(10-4)8(15)11-7(3)14/h2H,1H2,(H,12,13)(H,11,14,15). The van der Waals surface area contributed by atoms with E-state index in [4.69, 9.17) is 5.11 Å². The van der Waals surface area contributed by atoms with E-state index in [1.807, 2.05) is 5.32 Å². The third kappa shape index (κ3) is 1.54. The number of imide groups is 1. The number of carboxylic acid groups (broad SMARTS) is 1. The minimum Gasteiger partial charge on any atom is -0.481 e. The lowest BCUT2D eigenvalue weighted by atomic mass is 10.2. The van der Waals surface area contributed by atoms with E-state index in [2.05, 4.69) is 9.97 Å². The zero-order chi connectivity index (χ0) is 11.0. The van der Waals surface area contributed by atoms with Gasteiger partial charge in [-0.25, -0.2) is 9.97 Å². The lowest BCUT2D eigenvalue weighted by molar-refractivity contribution is -0.136. The lowest BCUT2D eigenvalue weighted by Gasteiger charge is -1.96. The molecule has 76 valence electrons. The molecular weight excluding hydrogens is 202 g/mol. The van der Waals surface area contributed by atoms with Crippen LogP contribution in [0.3, 0.4) is 0 Å². The van der Waals surface area contributed by atoms with E-state index >= 15 is 0 Å². The van der Waals surface area contributed by atoms with Crippen LogP contribution in [0.25, 0.3) is 0 Å². The molecule has 0 saturated carbocycles. The number of aliphatic carboxylic acids is 1. The number of hydrogen-bond acceptors (Lipinski definition) is 5. The SMILES string of the molecule is O=C(O)Cc1ncc2c(n1)C(=O)NC2=O. The van der Waals surface area contributed by atoms with E-state index in [0.717, 1.165) is 6.20 Å². The van der Waals surface area contributed by atoms with Crippen molar-refractivity contribution >= 4 is 17.8 Å². The van der Waals surface area contributed by atoms with E-state index in [1.54, 1.807) is 0 Å². The minimum absolute atomic E-state index is 0.00565. The summed E-state index contributed by atoms with van der Waals surface area (Å²) in [6, 6.07) is 0. The van der Waals surface area contributed by atoms with Gasteiger partial charge in [-0.2, -0.15) is 0 Å². The number of carboxylic acids is 1. The monoisotopic (exact) mass is 207 g/mol. The summed E-state index contributed by atoms with van der Waals surface area (Å²) in [5, 5.41) is 10.5. The van der Waals surface area contributed by atoms with E-state index in [1.165, 1.54) is 0 Å². The fraction of sp³-hybridized carbons (Fsp3) is 0.125. The van der Waals surface area contributed by atoms with E-state index < -0.39 is 17.8 Å². The first kappa shape index (κ1) is 9.25. The number of fused-ring (bicyclic) bond motifs is 1. The number of rotatable bonds is 2. The number of nitrogens with one attached hydrogen (secondary N) is 1. The average Bonchev–Trinajstić information content (AvgIpc) is 2.41. The molecule has 15 heavy (non-hydrogen) atoms. The van der Waals surface area contributed by atoms with Crippen LogP contribution in [0.15, 0.2) is 6.20 Å². The van der Waals surface area contributed by atoms with Gasteiger partial charge in [-0.15, -0.1) is 0 Å². The average molecular weight is 207 g/mol. The van der Waals surface area contributed by atoms with Crippen LogP contribution in [-0.2, 0) is 11.2 Å². The quantitative estimate of drug-likeness (QED) is 0.601. The van der Waals surface area contributed by atoms with Gasteiger partial charge in [0.15, 0.2) is 0 Å². The van der Waals surface area contributed by atoms with Gasteiger partial charge in [0, 0.05) is 6.20 Å². The summed E-state index contributed by atoms with van der Waals surface area (Å²) in [5.41, 5.74) is 0.0142. The van der Waals surface area contributed by atoms with Crippen molar-refractivity contribution in [3.05, 3.63) is 23.3 Å². The Morgan fingerprint density at radius 2 is 2.13 bits per heavy atom. The molecule has 2 rings (SSSR count). The summed E-state index contributed by atoms with van der Waals surface area (Å²) in [6.07, 6.45) is 0.773.